The number of hydrogen-bond acceptors (Lipinski definition) is 23. The average molecular weight is 847 g/mol. The van der Waals surface area contributed by atoms with Crippen molar-refractivity contribution in [1.82, 2.24) is 0 Å². The van der Waals surface area contributed by atoms with Gasteiger partial charge in [0, 0.05) is 25.7 Å². The van der Waals surface area contributed by atoms with E-state index in [0.29, 0.717) is 19.3 Å². The predicted octanol–water partition coefficient (Wildman–Crippen LogP) is 3.45. The molecule has 0 amide bonds. The van der Waals surface area contributed by atoms with E-state index in [-0.39, 0.29) is 38.9 Å². The largest absolute Gasteiger partial charge is 0.509 e. The second-order valence-electron chi connectivity index (χ2n) is 14.4. The van der Waals surface area contributed by atoms with Crippen LogP contribution in [0.15, 0.2) is 0 Å². The van der Waals surface area contributed by atoms with E-state index in [4.69, 9.17) is 71.1 Å². The van der Waals surface area contributed by atoms with Crippen LogP contribution < -0.4 is 0 Å². The van der Waals surface area contributed by atoms with Gasteiger partial charge in [0.05, 0.1) is 26.1 Å². The van der Waals surface area contributed by atoms with Crippen molar-refractivity contribution in [3.05, 3.63) is 0 Å². The smallest absolute Gasteiger partial charge is 0.462 e. The number of ether oxygens (including phenoxy) is 15. The van der Waals surface area contributed by atoms with Crippen LogP contribution in [0.1, 0.15) is 78.6 Å². The van der Waals surface area contributed by atoms with Gasteiger partial charge in [-0.25, -0.2) is 28.8 Å². The Labute approximate surface area is 335 Å². The van der Waals surface area contributed by atoms with Gasteiger partial charge in [-0.1, -0.05) is 20.8 Å². The number of hydrogen-bond donors (Lipinski definition) is 0. The van der Waals surface area contributed by atoms with E-state index in [9.17, 15) is 38.4 Å². The fraction of sp³-hybridized carbons (Fsp3) is 0.778. The zero-order chi connectivity index (χ0) is 42.2. The fourth-order valence-electron chi connectivity index (χ4n) is 7.41. The molecule has 328 valence electrons. The van der Waals surface area contributed by atoms with Crippen LogP contribution in [-0.4, -0.2) is 148 Å². The van der Waals surface area contributed by atoms with Crippen LogP contribution in [0.2, 0.25) is 0 Å². The van der Waals surface area contributed by atoms with Crippen LogP contribution >= 0.6 is 0 Å². The Bertz CT molecular complexity index is 1580. The number of rotatable bonds is 21. The normalized spacial score (nSPS) is 33.7. The van der Waals surface area contributed by atoms with E-state index in [1.807, 2.05) is 6.92 Å². The molecule has 0 radical (unpaired) electrons. The van der Waals surface area contributed by atoms with E-state index < -0.39 is 148 Å². The maximum Gasteiger partial charge on any atom is 0.509 e. The standard InChI is InChI=1S/C36H46O23/c1-4-17-21(52-31(39)48-17)9-24-20(51-34(42)55-24)7-8-45-14-16(47-30(38)13-28-26(57-36(44)59-28)11-23-19(6-3)50-33(41)54-23)15-46-29(37)12-27-25(56-35(43)58-27)10-22-18(5-2)49-32(40)53-22/h16-28H,4-15H2,1-3H3. The van der Waals surface area contributed by atoms with Crippen LogP contribution in [0.4, 0.5) is 28.8 Å². The summed E-state index contributed by atoms with van der Waals surface area (Å²) in [5.41, 5.74) is 0. The van der Waals surface area contributed by atoms with Crippen molar-refractivity contribution in [2.45, 2.75) is 158 Å². The molecule has 59 heavy (non-hydrogen) atoms. The Morgan fingerprint density at radius 2 is 0.763 bits per heavy atom. The molecule has 0 aliphatic carbocycles. The quantitative estimate of drug-likeness (QED) is 0.0908. The first-order valence-corrected chi connectivity index (χ1v) is 19.5. The Kier molecular flexibility index (Phi) is 14.3. The van der Waals surface area contributed by atoms with Crippen LogP contribution in [0, 0.1) is 0 Å². The van der Waals surface area contributed by atoms with Crippen LogP contribution in [0.25, 0.3) is 0 Å². The summed E-state index contributed by atoms with van der Waals surface area (Å²) in [5, 5.41) is 0. The number of cyclic esters (lactones) is 12. The molecule has 6 rings (SSSR count). The lowest BCUT2D eigenvalue weighted by Crippen LogP contribution is -2.36. The molecule has 23 heteroatoms. The zero-order valence-electron chi connectivity index (χ0n) is 32.4. The first kappa shape index (κ1) is 43.1. The van der Waals surface area contributed by atoms with Crippen LogP contribution in [0.3, 0.4) is 0 Å². The Balaban J connectivity index is 1.04. The SMILES string of the molecule is CCC1OC(=O)OC1CC1OC(=O)OC1CCOCC(COC(=O)CC1OC(=O)OC1CC1OC(=O)OC1CC)OC(=O)CC1OC(=O)OC1CC1OC(=O)OC1CC. The van der Waals surface area contributed by atoms with Crippen molar-refractivity contribution in [3.8, 4) is 0 Å². The highest BCUT2D eigenvalue weighted by atomic mass is 16.8. The fourth-order valence-corrected chi connectivity index (χ4v) is 7.41. The van der Waals surface area contributed by atoms with Crippen molar-refractivity contribution >= 4 is 48.9 Å². The van der Waals surface area contributed by atoms with Gasteiger partial charge >= 0.3 is 48.9 Å². The predicted molar refractivity (Wildman–Crippen MR) is 181 cm³/mol. The van der Waals surface area contributed by atoms with Gasteiger partial charge in [-0.05, 0) is 19.3 Å². The third-order valence-electron chi connectivity index (χ3n) is 10.4. The van der Waals surface area contributed by atoms with E-state index in [2.05, 4.69) is 0 Å². The third-order valence-corrected chi connectivity index (χ3v) is 10.4. The van der Waals surface area contributed by atoms with Gasteiger partial charge in [-0.15, -0.1) is 0 Å². The molecule has 0 aromatic rings. The van der Waals surface area contributed by atoms with Crippen molar-refractivity contribution < 1.29 is 109 Å². The molecule has 6 fully saturated rings. The van der Waals surface area contributed by atoms with Crippen LogP contribution in [-0.2, 0) is 80.6 Å². The number of esters is 2. The summed E-state index contributed by atoms with van der Waals surface area (Å²) in [6, 6.07) is 0. The van der Waals surface area contributed by atoms with Crippen molar-refractivity contribution in [1.29, 1.82) is 0 Å². The molecular weight excluding hydrogens is 800 g/mol. The van der Waals surface area contributed by atoms with Crippen LogP contribution in [0.5, 0.6) is 0 Å². The van der Waals surface area contributed by atoms with E-state index in [1.54, 1.807) is 13.8 Å². The van der Waals surface area contributed by atoms with Gasteiger partial charge in [0.1, 0.15) is 67.6 Å². The van der Waals surface area contributed by atoms with Crippen molar-refractivity contribution in [2.24, 2.45) is 0 Å². The molecule has 13 unspecified atom stereocenters. The third kappa shape index (κ3) is 11.4. The summed E-state index contributed by atoms with van der Waals surface area (Å²) in [6.45, 7) is 4.40. The summed E-state index contributed by atoms with van der Waals surface area (Å²) in [6.07, 6.45) is -15.9. The van der Waals surface area contributed by atoms with E-state index in [0.717, 1.165) is 0 Å². The molecule has 0 spiro atoms. The van der Waals surface area contributed by atoms with E-state index >= 15 is 0 Å². The molecule has 0 saturated carbocycles. The Morgan fingerprint density at radius 1 is 0.441 bits per heavy atom. The minimum absolute atomic E-state index is 0.00522. The summed E-state index contributed by atoms with van der Waals surface area (Å²) in [5.74, 6) is -1.77. The van der Waals surface area contributed by atoms with Gasteiger partial charge in [-0.2, -0.15) is 0 Å². The summed E-state index contributed by atoms with van der Waals surface area (Å²) in [4.78, 5) is 97.4. The Morgan fingerprint density at radius 3 is 1.17 bits per heavy atom. The summed E-state index contributed by atoms with van der Waals surface area (Å²) < 4.78 is 79.0. The van der Waals surface area contributed by atoms with E-state index in [1.165, 1.54) is 0 Å². The van der Waals surface area contributed by atoms with Gasteiger partial charge in [0.2, 0.25) is 0 Å². The topological polar surface area (TPSA) is 275 Å². The van der Waals surface area contributed by atoms with Crippen molar-refractivity contribution in [2.75, 3.05) is 19.8 Å². The first-order chi connectivity index (χ1) is 28.3. The molecular formula is C36H46O23. The first-order valence-electron chi connectivity index (χ1n) is 19.5. The Hall–Kier alpha value is -5.48. The molecule has 23 nitrogen and oxygen atoms in total. The highest BCUT2D eigenvalue weighted by molar-refractivity contribution is 5.73. The minimum Gasteiger partial charge on any atom is -0.462 e. The molecule has 6 aliphatic rings. The van der Waals surface area contributed by atoms with Gasteiger partial charge in [0.15, 0.2) is 18.3 Å². The highest BCUT2D eigenvalue weighted by Crippen LogP contribution is 2.32. The average Bonchev–Trinajstić information content (AvgIpc) is 4.03. The van der Waals surface area contributed by atoms with Gasteiger partial charge < -0.3 is 71.1 Å². The highest BCUT2D eigenvalue weighted by Gasteiger charge is 2.48. The maximum atomic E-state index is 13.3. The molecule has 6 saturated heterocycles. The second-order valence-corrected chi connectivity index (χ2v) is 14.4. The molecule has 0 N–H and O–H groups in total. The minimum atomic E-state index is -1.24. The lowest BCUT2D eigenvalue weighted by Gasteiger charge is -2.22. The van der Waals surface area contributed by atoms with Gasteiger partial charge in [-0.3, -0.25) is 9.59 Å². The molecule has 6 heterocycles. The zero-order valence-corrected chi connectivity index (χ0v) is 32.4. The van der Waals surface area contributed by atoms with Gasteiger partial charge in [0.25, 0.3) is 0 Å². The lowest BCUT2D eigenvalue weighted by molar-refractivity contribution is -0.165. The second kappa shape index (κ2) is 19.5. The maximum absolute atomic E-state index is 13.3. The number of carbonyl (C=O) groups is 8. The summed E-state index contributed by atoms with van der Waals surface area (Å²) >= 11 is 0. The lowest BCUT2D eigenvalue weighted by atomic mass is 10.00. The molecule has 0 aromatic heterocycles. The van der Waals surface area contributed by atoms with Crippen molar-refractivity contribution in [3.63, 3.8) is 0 Å². The molecule has 13 atom stereocenters. The summed E-state index contributed by atoms with van der Waals surface area (Å²) in [7, 11) is 0. The molecule has 0 aromatic carbocycles. The molecule has 0 bridgehead atoms. The number of carbonyl (C=O) groups excluding carboxylic acids is 8. The monoisotopic (exact) mass is 846 g/mol. The molecule has 6 aliphatic heterocycles.